The van der Waals surface area contributed by atoms with E-state index in [1.54, 1.807) is 4.90 Å². The number of hydrogen-bond acceptors (Lipinski definition) is 3. The Morgan fingerprint density at radius 1 is 1.05 bits per heavy atom. The molecule has 0 aliphatic rings. The molecule has 0 aliphatic heterocycles. The van der Waals surface area contributed by atoms with Gasteiger partial charge in [0.05, 0.1) is 0 Å². The van der Waals surface area contributed by atoms with E-state index in [1.165, 1.54) is 4.90 Å². The van der Waals surface area contributed by atoms with Gasteiger partial charge < -0.3 is 19.6 Å². The van der Waals surface area contributed by atoms with Gasteiger partial charge >= 0.3 is 12.2 Å². The van der Waals surface area contributed by atoms with Crippen molar-refractivity contribution in [1.82, 2.24) is 9.80 Å². The molecule has 1 unspecified atom stereocenters. The number of hydrogen-bond donors (Lipinski definition) is 1. The SMILES string of the molecule is CCCC(C)(COC(=O)N(CC)CC)CN(CC)C(=O)O. The van der Waals surface area contributed by atoms with Gasteiger partial charge in [0.15, 0.2) is 0 Å². The van der Waals surface area contributed by atoms with E-state index in [0.29, 0.717) is 26.2 Å². The monoisotopic (exact) mass is 302 g/mol. The van der Waals surface area contributed by atoms with Crippen LogP contribution in [-0.2, 0) is 4.74 Å². The molecule has 2 amide bonds. The van der Waals surface area contributed by atoms with Crippen molar-refractivity contribution < 1.29 is 19.4 Å². The second kappa shape index (κ2) is 9.47. The summed E-state index contributed by atoms with van der Waals surface area (Å²) in [4.78, 5) is 26.1. The maximum Gasteiger partial charge on any atom is 0.409 e. The molecule has 0 bridgehead atoms. The molecule has 0 radical (unpaired) electrons. The lowest BCUT2D eigenvalue weighted by atomic mass is 9.86. The summed E-state index contributed by atoms with van der Waals surface area (Å²) in [6.07, 6.45) is 0.453. The Bertz CT molecular complexity index is 332. The minimum absolute atomic E-state index is 0.236. The summed E-state index contributed by atoms with van der Waals surface area (Å²) >= 11 is 0. The van der Waals surface area contributed by atoms with Crippen LogP contribution in [0.3, 0.4) is 0 Å². The van der Waals surface area contributed by atoms with Crippen molar-refractivity contribution in [3.05, 3.63) is 0 Å². The van der Waals surface area contributed by atoms with Crippen LogP contribution >= 0.6 is 0 Å². The van der Waals surface area contributed by atoms with Crippen molar-refractivity contribution in [3.8, 4) is 0 Å². The van der Waals surface area contributed by atoms with Crippen molar-refractivity contribution in [1.29, 1.82) is 0 Å². The van der Waals surface area contributed by atoms with E-state index in [-0.39, 0.29) is 18.1 Å². The Labute approximate surface area is 128 Å². The van der Waals surface area contributed by atoms with Crippen LogP contribution in [0.5, 0.6) is 0 Å². The standard InChI is InChI=1S/C15H30N2O4/c1-6-10-15(5,11-17(9-4)13(18)19)12-21-14(20)16(7-2)8-3/h6-12H2,1-5H3,(H,18,19). The average Bonchev–Trinajstić information content (AvgIpc) is 2.44. The normalized spacial score (nSPS) is 13.4. The highest BCUT2D eigenvalue weighted by Crippen LogP contribution is 2.25. The molecule has 0 fully saturated rings. The number of amides is 2. The van der Waals surface area contributed by atoms with Gasteiger partial charge in [-0.05, 0) is 27.2 Å². The van der Waals surface area contributed by atoms with E-state index in [0.717, 1.165) is 12.8 Å². The second-order valence-corrected chi connectivity index (χ2v) is 5.58. The van der Waals surface area contributed by atoms with Gasteiger partial charge in [0.25, 0.3) is 0 Å². The first-order valence-electron chi connectivity index (χ1n) is 7.73. The quantitative estimate of drug-likeness (QED) is 0.709. The number of ether oxygens (including phenoxy) is 1. The molecule has 0 aromatic carbocycles. The first-order chi connectivity index (χ1) is 9.83. The number of carbonyl (C=O) groups is 2. The van der Waals surface area contributed by atoms with Crippen LogP contribution in [0, 0.1) is 5.41 Å². The minimum atomic E-state index is -0.935. The first-order valence-corrected chi connectivity index (χ1v) is 7.73. The zero-order valence-electron chi connectivity index (χ0n) is 14.0. The summed E-state index contributed by atoms with van der Waals surface area (Å²) < 4.78 is 5.40. The minimum Gasteiger partial charge on any atom is -0.465 e. The van der Waals surface area contributed by atoms with Crippen LogP contribution in [0.4, 0.5) is 9.59 Å². The fourth-order valence-corrected chi connectivity index (χ4v) is 2.38. The van der Waals surface area contributed by atoms with Gasteiger partial charge in [-0.25, -0.2) is 9.59 Å². The molecule has 0 aromatic heterocycles. The fraction of sp³-hybridized carbons (Fsp3) is 0.867. The number of carbonyl (C=O) groups excluding carboxylic acids is 1. The lowest BCUT2D eigenvalue weighted by molar-refractivity contribution is 0.0408. The molecule has 0 heterocycles. The van der Waals surface area contributed by atoms with Crippen molar-refractivity contribution >= 4 is 12.2 Å². The van der Waals surface area contributed by atoms with Crippen LogP contribution in [0.25, 0.3) is 0 Å². The third-order valence-electron chi connectivity index (χ3n) is 3.64. The first kappa shape index (κ1) is 19.5. The number of nitrogens with zero attached hydrogens (tertiary/aromatic N) is 2. The van der Waals surface area contributed by atoms with Crippen LogP contribution in [0.1, 0.15) is 47.5 Å². The van der Waals surface area contributed by atoms with Crippen LogP contribution in [0.2, 0.25) is 0 Å². The molecule has 0 saturated carbocycles. The maximum absolute atomic E-state index is 11.9. The van der Waals surface area contributed by atoms with Gasteiger partial charge in [-0.15, -0.1) is 0 Å². The molecule has 6 nitrogen and oxygen atoms in total. The van der Waals surface area contributed by atoms with E-state index in [4.69, 9.17) is 9.84 Å². The van der Waals surface area contributed by atoms with E-state index in [9.17, 15) is 9.59 Å². The zero-order valence-corrected chi connectivity index (χ0v) is 14.0. The molecular formula is C15H30N2O4. The highest BCUT2D eigenvalue weighted by atomic mass is 16.6. The fourth-order valence-electron chi connectivity index (χ4n) is 2.38. The van der Waals surface area contributed by atoms with Crippen molar-refractivity contribution in [3.63, 3.8) is 0 Å². The largest absolute Gasteiger partial charge is 0.465 e. The Kier molecular flexibility index (Phi) is 8.81. The highest BCUT2D eigenvalue weighted by Gasteiger charge is 2.30. The molecule has 0 aliphatic carbocycles. The predicted octanol–water partition coefficient (Wildman–Crippen LogP) is 3.27. The Morgan fingerprint density at radius 2 is 1.57 bits per heavy atom. The Morgan fingerprint density at radius 3 is 1.95 bits per heavy atom. The van der Waals surface area contributed by atoms with E-state index in [2.05, 4.69) is 0 Å². The summed E-state index contributed by atoms with van der Waals surface area (Å²) in [6.45, 7) is 11.9. The van der Waals surface area contributed by atoms with Gasteiger partial charge in [0, 0.05) is 31.6 Å². The van der Waals surface area contributed by atoms with Crippen molar-refractivity contribution in [2.45, 2.75) is 47.5 Å². The zero-order chi connectivity index (χ0) is 16.5. The van der Waals surface area contributed by atoms with E-state index < -0.39 is 6.09 Å². The molecule has 6 heteroatoms. The van der Waals surface area contributed by atoms with Crippen molar-refractivity contribution in [2.24, 2.45) is 5.41 Å². The number of carboxylic acid groups (broad SMARTS) is 1. The molecule has 0 spiro atoms. The van der Waals surface area contributed by atoms with Crippen molar-refractivity contribution in [2.75, 3.05) is 32.8 Å². The maximum atomic E-state index is 11.9. The molecule has 0 aromatic rings. The van der Waals surface area contributed by atoms with Gasteiger partial charge in [-0.2, -0.15) is 0 Å². The summed E-state index contributed by atoms with van der Waals surface area (Å²) in [5, 5.41) is 9.16. The van der Waals surface area contributed by atoms with E-state index in [1.807, 2.05) is 34.6 Å². The van der Waals surface area contributed by atoms with E-state index >= 15 is 0 Å². The third-order valence-corrected chi connectivity index (χ3v) is 3.64. The molecule has 21 heavy (non-hydrogen) atoms. The lowest BCUT2D eigenvalue weighted by Crippen LogP contribution is -2.43. The molecule has 0 rings (SSSR count). The lowest BCUT2D eigenvalue weighted by Gasteiger charge is -2.34. The summed E-state index contributed by atoms with van der Waals surface area (Å²) in [5.41, 5.74) is -0.355. The van der Waals surface area contributed by atoms with Crippen LogP contribution in [0.15, 0.2) is 0 Å². The van der Waals surface area contributed by atoms with Crippen LogP contribution in [-0.4, -0.2) is 59.9 Å². The number of rotatable bonds is 9. The second-order valence-electron chi connectivity index (χ2n) is 5.58. The summed E-state index contributed by atoms with van der Waals surface area (Å²) in [7, 11) is 0. The summed E-state index contributed by atoms with van der Waals surface area (Å²) in [6, 6.07) is 0. The topological polar surface area (TPSA) is 70.1 Å². The Balaban J connectivity index is 4.72. The smallest absolute Gasteiger partial charge is 0.409 e. The van der Waals surface area contributed by atoms with Gasteiger partial charge in [-0.3, -0.25) is 0 Å². The predicted molar refractivity (Wildman–Crippen MR) is 82.6 cm³/mol. The third kappa shape index (κ3) is 6.69. The molecule has 0 saturated heterocycles. The van der Waals surface area contributed by atoms with Gasteiger partial charge in [0.2, 0.25) is 0 Å². The molecule has 1 N–H and O–H groups in total. The highest BCUT2D eigenvalue weighted by molar-refractivity contribution is 5.67. The van der Waals surface area contributed by atoms with Crippen LogP contribution < -0.4 is 0 Å². The molecule has 1 atom stereocenters. The molecule has 124 valence electrons. The van der Waals surface area contributed by atoms with Gasteiger partial charge in [0.1, 0.15) is 6.61 Å². The molecular weight excluding hydrogens is 272 g/mol. The van der Waals surface area contributed by atoms with Gasteiger partial charge in [-0.1, -0.05) is 20.3 Å². The average molecular weight is 302 g/mol. The Hall–Kier alpha value is -1.46. The summed E-state index contributed by atoms with van der Waals surface area (Å²) in [5.74, 6) is 0.